The molecule has 2 fully saturated rings. The van der Waals surface area contributed by atoms with Crippen LogP contribution in [0.15, 0.2) is 48.9 Å². The third-order valence-electron chi connectivity index (χ3n) is 11.2. The number of ether oxygens (including phenoxy) is 2. The maximum Gasteiger partial charge on any atom is 0.225 e. The molecular formula is C38H49ClN8O3. The molecular weight excluding hydrogens is 652 g/mol. The van der Waals surface area contributed by atoms with Gasteiger partial charge in [0.1, 0.15) is 12.1 Å². The number of piperazine rings is 1. The third-order valence-corrected chi connectivity index (χ3v) is 11.6. The van der Waals surface area contributed by atoms with Crippen LogP contribution in [0.1, 0.15) is 55.2 Å². The van der Waals surface area contributed by atoms with E-state index in [2.05, 4.69) is 47.2 Å². The zero-order chi connectivity index (χ0) is 34.7. The maximum absolute atomic E-state index is 14.0. The molecule has 11 nitrogen and oxygen atoms in total. The summed E-state index contributed by atoms with van der Waals surface area (Å²) in [5.41, 5.74) is 4.40. The van der Waals surface area contributed by atoms with Crippen LogP contribution in [-0.4, -0.2) is 103 Å². The SMILES string of the molecule is CNCCCCN1CCc2cc(OC)c(OC)cc2C12CCC(C(=O)N1CCN(c3ncnc4c3cnn4Cc3ccccc3Cl)CC1)CC2. The van der Waals surface area contributed by atoms with E-state index in [0.717, 1.165) is 112 Å². The number of unbranched alkanes of at least 4 members (excludes halogenated alkanes) is 1. The Bertz CT molecular complexity index is 1800. The molecule has 12 heteroatoms. The van der Waals surface area contributed by atoms with Crippen LogP contribution in [0.3, 0.4) is 0 Å². The Morgan fingerprint density at radius 3 is 2.50 bits per heavy atom. The molecule has 1 N–H and O–H groups in total. The summed E-state index contributed by atoms with van der Waals surface area (Å²) in [6, 6.07) is 12.2. The molecule has 0 atom stereocenters. The largest absolute Gasteiger partial charge is 0.493 e. The van der Waals surface area contributed by atoms with Gasteiger partial charge in [-0.25, -0.2) is 14.6 Å². The van der Waals surface area contributed by atoms with E-state index in [1.54, 1.807) is 20.5 Å². The van der Waals surface area contributed by atoms with Crippen LogP contribution in [0.5, 0.6) is 11.5 Å². The molecule has 2 aromatic heterocycles. The Morgan fingerprint density at radius 1 is 1.00 bits per heavy atom. The van der Waals surface area contributed by atoms with Crippen molar-refractivity contribution in [2.45, 2.75) is 57.0 Å². The van der Waals surface area contributed by atoms with Gasteiger partial charge in [-0.3, -0.25) is 9.69 Å². The predicted molar refractivity (Wildman–Crippen MR) is 196 cm³/mol. The van der Waals surface area contributed by atoms with E-state index < -0.39 is 0 Å². The molecule has 2 aromatic carbocycles. The van der Waals surface area contributed by atoms with Gasteiger partial charge in [0.15, 0.2) is 17.1 Å². The van der Waals surface area contributed by atoms with Crippen molar-refractivity contribution in [3.8, 4) is 11.5 Å². The van der Waals surface area contributed by atoms with E-state index in [0.29, 0.717) is 30.6 Å². The second kappa shape index (κ2) is 15.1. The topological polar surface area (TPSA) is 101 Å². The first-order valence-corrected chi connectivity index (χ1v) is 18.4. The lowest BCUT2D eigenvalue weighted by atomic mass is 9.68. The van der Waals surface area contributed by atoms with Gasteiger partial charge in [0.2, 0.25) is 5.91 Å². The summed E-state index contributed by atoms with van der Waals surface area (Å²) in [4.78, 5) is 30.3. The fourth-order valence-electron chi connectivity index (χ4n) is 8.49. The second-order valence-electron chi connectivity index (χ2n) is 13.9. The van der Waals surface area contributed by atoms with E-state index in [9.17, 15) is 4.79 Å². The lowest BCUT2D eigenvalue weighted by Crippen LogP contribution is -2.55. The molecule has 4 heterocycles. The Balaban J connectivity index is 1.02. The molecule has 7 rings (SSSR count). The smallest absolute Gasteiger partial charge is 0.225 e. The van der Waals surface area contributed by atoms with Crippen molar-refractivity contribution in [3.05, 3.63) is 70.6 Å². The summed E-state index contributed by atoms with van der Waals surface area (Å²) >= 11 is 6.43. The number of fused-ring (bicyclic) bond motifs is 3. The fourth-order valence-corrected chi connectivity index (χ4v) is 8.69. The van der Waals surface area contributed by atoms with E-state index in [-0.39, 0.29) is 11.5 Å². The van der Waals surface area contributed by atoms with Gasteiger partial charge in [0, 0.05) is 49.2 Å². The highest BCUT2D eigenvalue weighted by Crippen LogP contribution is 2.50. The molecule has 1 saturated carbocycles. The van der Waals surface area contributed by atoms with E-state index >= 15 is 0 Å². The molecule has 50 heavy (non-hydrogen) atoms. The first kappa shape index (κ1) is 34.5. The van der Waals surface area contributed by atoms with Gasteiger partial charge in [-0.1, -0.05) is 29.8 Å². The van der Waals surface area contributed by atoms with Crippen LogP contribution < -0.4 is 19.7 Å². The number of benzene rings is 2. The van der Waals surface area contributed by atoms with E-state index in [1.807, 2.05) is 42.2 Å². The van der Waals surface area contributed by atoms with Crippen LogP contribution >= 0.6 is 11.6 Å². The van der Waals surface area contributed by atoms with Gasteiger partial charge in [-0.15, -0.1) is 0 Å². The normalized spacial score (nSPS) is 21.1. The Hall–Kier alpha value is -3.93. The predicted octanol–water partition coefficient (Wildman–Crippen LogP) is 5.14. The number of carbonyl (C=O) groups excluding carboxylic acids is 1. The fraction of sp³-hybridized carbons (Fsp3) is 0.526. The highest BCUT2D eigenvalue weighted by atomic mass is 35.5. The van der Waals surface area contributed by atoms with Crippen molar-refractivity contribution >= 4 is 34.4 Å². The van der Waals surface area contributed by atoms with E-state index in [1.165, 1.54) is 11.1 Å². The minimum Gasteiger partial charge on any atom is -0.493 e. The average molecular weight is 701 g/mol. The van der Waals surface area contributed by atoms with Gasteiger partial charge >= 0.3 is 0 Å². The number of carbonyl (C=O) groups is 1. The number of methoxy groups -OCH3 is 2. The molecule has 0 radical (unpaired) electrons. The Labute approximate surface area is 299 Å². The summed E-state index contributed by atoms with van der Waals surface area (Å²) in [6.07, 6.45) is 10.5. The molecule has 1 amide bonds. The quantitative estimate of drug-likeness (QED) is 0.213. The first-order valence-electron chi connectivity index (χ1n) is 18.0. The number of hydrogen-bond acceptors (Lipinski definition) is 9. The lowest BCUT2D eigenvalue weighted by Gasteiger charge is -2.52. The Kier molecular flexibility index (Phi) is 10.4. The van der Waals surface area contributed by atoms with Gasteiger partial charge in [-0.2, -0.15) is 5.10 Å². The number of nitrogens with one attached hydrogen (secondary N) is 1. The number of amides is 1. The first-order chi connectivity index (χ1) is 24.5. The number of rotatable bonds is 11. The zero-order valence-corrected chi connectivity index (χ0v) is 30.3. The summed E-state index contributed by atoms with van der Waals surface area (Å²) in [7, 11) is 5.44. The molecule has 2 aliphatic heterocycles. The molecule has 0 unspecified atom stereocenters. The summed E-state index contributed by atoms with van der Waals surface area (Å²) in [5.74, 6) is 2.78. The number of hydrogen-bond donors (Lipinski definition) is 1. The number of nitrogens with zero attached hydrogens (tertiary/aromatic N) is 7. The molecule has 266 valence electrons. The number of halogens is 1. The minimum atomic E-state index is -0.0864. The van der Waals surface area contributed by atoms with Crippen molar-refractivity contribution in [2.24, 2.45) is 5.92 Å². The summed E-state index contributed by atoms with van der Waals surface area (Å²) < 4.78 is 13.3. The maximum atomic E-state index is 14.0. The van der Waals surface area contributed by atoms with Crippen molar-refractivity contribution in [3.63, 3.8) is 0 Å². The van der Waals surface area contributed by atoms with Crippen molar-refractivity contribution < 1.29 is 14.3 Å². The van der Waals surface area contributed by atoms with Crippen molar-refractivity contribution in [1.82, 2.24) is 34.9 Å². The van der Waals surface area contributed by atoms with Gasteiger partial charge in [0.05, 0.1) is 32.3 Å². The molecule has 0 bridgehead atoms. The molecule has 3 aliphatic rings. The average Bonchev–Trinajstić information content (AvgIpc) is 3.57. The zero-order valence-electron chi connectivity index (χ0n) is 29.5. The van der Waals surface area contributed by atoms with Gasteiger partial charge in [0.25, 0.3) is 0 Å². The monoisotopic (exact) mass is 700 g/mol. The van der Waals surface area contributed by atoms with Crippen molar-refractivity contribution in [1.29, 1.82) is 0 Å². The van der Waals surface area contributed by atoms with Crippen LogP contribution in [-0.2, 0) is 23.3 Å². The van der Waals surface area contributed by atoms with E-state index in [4.69, 9.17) is 21.1 Å². The number of aromatic nitrogens is 4. The van der Waals surface area contributed by atoms with Crippen molar-refractivity contribution in [2.75, 3.05) is 72.0 Å². The molecule has 1 saturated heterocycles. The minimum absolute atomic E-state index is 0.0395. The molecule has 1 spiro atoms. The number of anilines is 1. The van der Waals surface area contributed by atoms with Crippen LogP contribution in [0.25, 0.3) is 11.0 Å². The second-order valence-corrected chi connectivity index (χ2v) is 14.3. The Morgan fingerprint density at radius 2 is 1.76 bits per heavy atom. The molecule has 1 aliphatic carbocycles. The third kappa shape index (κ3) is 6.63. The standard InChI is InChI=1S/C38H49ClN8O3/c1-40-15-6-7-16-46-17-12-28-22-33(49-2)34(50-3)23-31(28)38(46)13-10-27(11-14-38)37(48)45-20-18-44(19-21-45)35-30-24-43-47(36(30)42-26-41-35)25-29-8-4-5-9-32(29)39/h4-5,8-9,22-24,26-27,40H,6-7,10-21,25H2,1-3H3. The van der Waals surface area contributed by atoms with Gasteiger partial charge < -0.3 is 24.6 Å². The van der Waals surface area contributed by atoms with Gasteiger partial charge in [-0.05, 0) is 100.0 Å². The van der Waals surface area contributed by atoms with Crippen LogP contribution in [0.4, 0.5) is 5.82 Å². The van der Waals surface area contributed by atoms with Crippen LogP contribution in [0, 0.1) is 5.92 Å². The summed E-state index contributed by atoms with van der Waals surface area (Å²) in [5, 5.41) is 9.55. The lowest BCUT2D eigenvalue weighted by molar-refractivity contribution is -0.138. The highest BCUT2D eigenvalue weighted by Gasteiger charge is 2.47. The highest BCUT2D eigenvalue weighted by molar-refractivity contribution is 6.31. The molecule has 4 aromatic rings. The summed E-state index contributed by atoms with van der Waals surface area (Å²) in [6.45, 7) is 6.45. The van der Waals surface area contributed by atoms with Crippen LogP contribution in [0.2, 0.25) is 5.02 Å².